The van der Waals surface area contributed by atoms with Crippen molar-refractivity contribution >= 4 is 17.2 Å². The van der Waals surface area contributed by atoms with Crippen molar-refractivity contribution in [2.24, 2.45) is 0 Å². The van der Waals surface area contributed by atoms with E-state index in [0.29, 0.717) is 24.0 Å². The number of carbonyl (C=O) groups excluding carboxylic acids is 1. The third kappa shape index (κ3) is 4.33. The SMILES string of the molecule is Cc1nc(COc2cccc(C(=O)NC3CCCNC3C)c2)cs1. The highest BCUT2D eigenvalue weighted by atomic mass is 32.1. The van der Waals surface area contributed by atoms with E-state index in [0.717, 1.165) is 30.1 Å². The van der Waals surface area contributed by atoms with Gasteiger partial charge in [0.25, 0.3) is 5.91 Å². The van der Waals surface area contributed by atoms with Crippen LogP contribution in [0.3, 0.4) is 0 Å². The predicted molar refractivity (Wildman–Crippen MR) is 95.6 cm³/mol. The molecule has 3 rings (SSSR count). The summed E-state index contributed by atoms with van der Waals surface area (Å²) < 4.78 is 5.76. The van der Waals surface area contributed by atoms with Gasteiger partial charge in [-0.15, -0.1) is 11.3 Å². The normalized spacial score (nSPS) is 20.6. The van der Waals surface area contributed by atoms with E-state index in [2.05, 4.69) is 22.5 Å². The van der Waals surface area contributed by atoms with E-state index in [1.165, 1.54) is 0 Å². The molecule has 1 amide bonds. The second kappa shape index (κ2) is 7.77. The Morgan fingerprint density at radius 1 is 1.50 bits per heavy atom. The van der Waals surface area contributed by atoms with Crippen molar-refractivity contribution in [2.75, 3.05) is 6.54 Å². The van der Waals surface area contributed by atoms with Gasteiger partial charge in [0.05, 0.1) is 10.7 Å². The maximum atomic E-state index is 12.5. The standard InChI is InChI=1S/C18H23N3O2S/c1-12-17(7-4-8-19-12)21-18(22)14-5-3-6-16(9-14)23-10-15-11-24-13(2)20-15/h3,5-6,9,11-12,17,19H,4,7-8,10H2,1-2H3,(H,21,22). The molecule has 6 heteroatoms. The summed E-state index contributed by atoms with van der Waals surface area (Å²) in [5, 5.41) is 9.53. The van der Waals surface area contributed by atoms with Crippen LogP contribution in [-0.2, 0) is 6.61 Å². The number of ether oxygens (including phenoxy) is 1. The summed E-state index contributed by atoms with van der Waals surface area (Å²) in [4.78, 5) is 16.9. The maximum Gasteiger partial charge on any atom is 0.251 e. The molecule has 1 saturated heterocycles. The van der Waals surface area contributed by atoms with Crippen molar-refractivity contribution in [3.63, 3.8) is 0 Å². The number of nitrogens with zero attached hydrogens (tertiary/aromatic N) is 1. The molecule has 0 saturated carbocycles. The summed E-state index contributed by atoms with van der Waals surface area (Å²) in [6.45, 7) is 5.52. The topological polar surface area (TPSA) is 63.2 Å². The number of carbonyl (C=O) groups is 1. The molecule has 2 heterocycles. The van der Waals surface area contributed by atoms with E-state index in [-0.39, 0.29) is 11.9 Å². The van der Waals surface area contributed by atoms with Gasteiger partial charge in [-0.3, -0.25) is 4.79 Å². The molecular formula is C18H23N3O2S. The van der Waals surface area contributed by atoms with Crippen molar-refractivity contribution in [3.05, 3.63) is 45.9 Å². The number of nitrogens with one attached hydrogen (secondary N) is 2. The van der Waals surface area contributed by atoms with Gasteiger partial charge < -0.3 is 15.4 Å². The van der Waals surface area contributed by atoms with Gasteiger partial charge in [-0.2, -0.15) is 0 Å². The molecule has 128 valence electrons. The van der Waals surface area contributed by atoms with Gasteiger partial charge in [0.15, 0.2) is 0 Å². The third-order valence-electron chi connectivity index (χ3n) is 4.23. The average molecular weight is 345 g/mol. The highest BCUT2D eigenvalue weighted by Gasteiger charge is 2.22. The van der Waals surface area contributed by atoms with Crippen LogP contribution < -0.4 is 15.4 Å². The molecule has 1 aliphatic rings. The largest absolute Gasteiger partial charge is 0.487 e. The highest BCUT2D eigenvalue weighted by Crippen LogP contribution is 2.17. The number of benzene rings is 1. The zero-order valence-corrected chi connectivity index (χ0v) is 14.9. The van der Waals surface area contributed by atoms with Crippen LogP contribution in [0, 0.1) is 6.92 Å². The van der Waals surface area contributed by atoms with E-state index >= 15 is 0 Å². The van der Waals surface area contributed by atoms with E-state index < -0.39 is 0 Å². The molecule has 1 fully saturated rings. The molecule has 24 heavy (non-hydrogen) atoms. The Kier molecular flexibility index (Phi) is 5.48. The number of aryl methyl sites for hydroxylation is 1. The molecule has 2 N–H and O–H groups in total. The van der Waals surface area contributed by atoms with Crippen LogP contribution in [0.2, 0.25) is 0 Å². The molecule has 0 aliphatic carbocycles. The summed E-state index contributed by atoms with van der Waals surface area (Å²) in [7, 11) is 0. The number of amides is 1. The van der Waals surface area contributed by atoms with Gasteiger partial charge in [0.1, 0.15) is 12.4 Å². The smallest absolute Gasteiger partial charge is 0.251 e. The second-order valence-corrected chi connectivity index (χ2v) is 7.20. The Morgan fingerprint density at radius 3 is 3.12 bits per heavy atom. The summed E-state index contributed by atoms with van der Waals surface area (Å²) in [6.07, 6.45) is 2.10. The number of rotatable bonds is 5. The minimum absolute atomic E-state index is 0.0505. The first-order chi connectivity index (χ1) is 11.6. The quantitative estimate of drug-likeness (QED) is 0.875. The first kappa shape index (κ1) is 16.9. The minimum atomic E-state index is -0.0505. The second-order valence-electron chi connectivity index (χ2n) is 6.14. The number of aromatic nitrogens is 1. The Bertz CT molecular complexity index is 701. The molecule has 0 spiro atoms. The molecule has 2 atom stereocenters. The molecule has 1 aromatic carbocycles. The fourth-order valence-electron chi connectivity index (χ4n) is 2.85. The predicted octanol–water partition coefficient (Wildman–Crippen LogP) is 2.90. The summed E-state index contributed by atoms with van der Waals surface area (Å²) in [6, 6.07) is 7.79. The zero-order valence-electron chi connectivity index (χ0n) is 14.0. The molecular weight excluding hydrogens is 322 g/mol. The maximum absolute atomic E-state index is 12.5. The number of hydrogen-bond acceptors (Lipinski definition) is 5. The summed E-state index contributed by atoms with van der Waals surface area (Å²) in [5.74, 6) is 0.633. The van der Waals surface area contributed by atoms with Crippen LogP contribution in [0.5, 0.6) is 5.75 Å². The first-order valence-corrected chi connectivity index (χ1v) is 9.18. The summed E-state index contributed by atoms with van der Waals surface area (Å²) in [5.41, 5.74) is 1.54. The van der Waals surface area contributed by atoms with E-state index in [9.17, 15) is 4.79 Å². The molecule has 5 nitrogen and oxygen atoms in total. The van der Waals surface area contributed by atoms with Gasteiger partial charge in [0.2, 0.25) is 0 Å². The van der Waals surface area contributed by atoms with Gasteiger partial charge in [-0.25, -0.2) is 4.98 Å². The van der Waals surface area contributed by atoms with Crippen LogP contribution in [-0.4, -0.2) is 29.5 Å². The average Bonchev–Trinajstić information content (AvgIpc) is 3.01. The lowest BCUT2D eigenvalue weighted by molar-refractivity contribution is 0.0919. The van der Waals surface area contributed by atoms with Crippen molar-refractivity contribution in [1.82, 2.24) is 15.6 Å². The third-order valence-corrected chi connectivity index (χ3v) is 5.05. The monoisotopic (exact) mass is 345 g/mol. The van der Waals surface area contributed by atoms with Gasteiger partial charge in [-0.1, -0.05) is 6.07 Å². The fourth-order valence-corrected chi connectivity index (χ4v) is 3.45. The van der Waals surface area contributed by atoms with Crippen LogP contribution in [0.1, 0.15) is 40.8 Å². The molecule has 2 aromatic rings. The lowest BCUT2D eigenvalue weighted by Crippen LogP contribution is -2.51. The van der Waals surface area contributed by atoms with Crippen LogP contribution in [0.15, 0.2) is 29.6 Å². The fraction of sp³-hybridized carbons (Fsp3) is 0.444. The number of piperidine rings is 1. The molecule has 0 radical (unpaired) electrons. The molecule has 2 unspecified atom stereocenters. The van der Waals surface area contributed by atoms with E-state index in [1.807, 2.05) is 30.5 Å². The Balaban J connectivity index is 1.60. The molecule has 1 aromatic heterocycles. The Hall–Kier alpha value is -1.92. The first-order valence-electron chi connectivity index (χ1n) is 8.30. The lowest BCUT2D eigenvalue weighted by atomic mass is 9.99. The van der Waals surface area contributed by atoms with E-state index in [4.69, 9.17) is 4.74 Å². The van der Waals surface area contributed by atoms with Gasteiger partial charge in [-0.05, 0) is 51.4 Å². The summed E-state index contributed by atoms with van der Waals surface area (Å²) >= 11 is 1.61. The highest BCUT2D eigenvalue weighted by molar-refractivity contribution is 7.09. The van der Waals surface area contributed by atoms with Crippen molar-refractivity contribution in [3.8, 4) is 5.75 Å². The van der Waals surface area contributed by atoms with E-state index in [1.54, 1.807) is 17.4 Å². The minimum Gasteiger partial charge on any atom is -0.487 e. The van der Waals surface area contributed by atoms with Crippen LogP contribution >= 0.6 is 11.3 Å². The van der Waals surface area contributed by atoms with Crippen LogP contribution in [0.25, 0.3) is 0 Å². The van der Waals surface area contributed by atoms with Crippen molar-refractivity contribution in [1.29, 1.82) is 0 Å². The van der Waals surface area contributed by atoms with Crippen molar-refractivity contribution in [2.45, 2.75) is 45.4 Å². The van der Waals surface area contributed by atoms with Crippen molar-refractivity contribution < 1.29 is 9.53 Å². The zero-order chi connectivity index (χ0) is 16.9. The van der Waals surface area contributed by atoms with Gasteiger partial charge >= 0.3 is 0 Å². The molecule has 0 bridgehead atoms. The van der Waals surface area contributed by atoms with Gasteiger partial charge in [0, 0.05) is 23.0 Å². The number of thiazole rings is 1. The Morgan fingerprint density at radius 2 is 2.38 bits per heavy atom. The number of hydrogen-bond donors (Lipinski definition) is 2. The lowest BCUT2D eigenvalue weighted by Gasteiger charge is -2.30. The molecule has 1 aliphatic heterocycles. The Labute approximate surface area is 146 Å². The van der Waals surface area contributed by atoms with Crippen LogP contribution in [0.4, 0.5) is 0 Å².